The Labute approximate surface area is 203 Å². The van der Waals surface area contributed by atoms with Crippen LogP contribution in [0, 0.1) is 5.41 Å². The Bertz CT molecular complexity index is 1480. The van der Waals surface area contributed by atoms with E-state index in [0.29, 0.717) is 5.75 Å². The van der Waals surface area contributed by atoms with Gasteiger partial charge in [0.05, 0.1) is 5.41 Å². The summed E-state index contributed by atoms with van der Waals surface area (Å²) in [5, 5.41) is 11.7. The minimum Gasteiger partial charge on any atom is -0.481 e. The number of hydrogen-bond acceptors (Lipinski definition) is 3. The van der Waals surface area contributed by atoms with Crippen molar-refractivity contribution < 1.29 is 14.3 Å². The molecule has 5 rings (SSSR count). The fourth-order valence-electron chi connectivity index (χ4n) is 4.22. The number of hydrogen-bond donors (Lipinski definition) is 1. The molecule has 4 aromatic carbocycles. The number of carbonyl (C=O) groups is 1. The molecule has 0 saturated heterocycles. The van der Waals surface area contributed by atoms with Crippen LogP contribution in [0.25, 0.3) is 44.2 Å². The molecule has 1 heterocycles. The minimum absolute atomic E-state index is 0.553. The van der Waals surface area contributed by atoms with Crippen molar-refractivity contribution >= 4 is 39.7 Å². The smallest absolute Gasteiger partial charge is 0.309 e. The van der Waals surface area contributed by atoms with Gasteiger partial charge in [-0.05, 0) is 48.2 Å². The highest BCUT2D eigenvalue weighted by Crippen LogP contribution is 2.40. The van der Waals surface area contributed by atoms with Gasteiger partial charge in [0.1, 0.15) is 11.2 Å². The van der Waals surface area contributed by atoms with Crippen molar-refractivity contribution in [2.75, 3.05) is 5.75 Å². The zero-order valence-corrected chi connectivity index (χ0v) is 20.1. The van der Waals surface area contributed by atoms with E-state index in [0.717, 1.165) is 55.5 Å². The zero-order valence-electron chi connectivity index (χ0n) is 19.2. The summed E-state index contributed by atoms with van der Waals surface area (Å²) in [6.45, 7) is 3.54. The molecule has 0 bridgehead atoms. The van der Waals surface area contributed by atoms with Gasteiger partial charge in [-0.15, -0.1) is 0 Å². The predicted molar refractivity (Wildman–Crippen MR) is 142 cm³/mol. The summed E-state index contributed by atoms with van der Waals surface area (Å²) in [6, 6.07) is 31.4. The number of furan rings is 1. The van der Waals surface area contributed by atoms with Crippen molar-refractivity contribution in [3.63, 3.8) is 0 Å². The normalized spacial score (nSPS) is 11.8. The molecule has 170 valence electrons. The number of thioether (sulfide) groups is 1. The van der Waals surface area contributed by atoms with Crippen LogP contribution in [0.15, 0.2) is 95.4 Å². The summed E-state index contributed by atoms with van der Waals surface area (Å²) in [7, 11) is 0. The number of para-hydroxylation sites is 2. The number of benzene rings is 4. The molecule has 0 aliphatic carbocycles. The van der Waals surface area contributed by atoms with Gasteiger partial charge in [0, 0.05) is 27.8 Å². The second-order valence-corrected chi connectivity index (χ2v) is 10.2. The van der Waals surface area contributed by atoms with Crippen molar-refractivity contribution in [1.29, 1.82) is 0 Å². The molecule has 0 spiro atoms. The van der Waals surface area contributed by atoms with E-state index in [-0.39, 0.29) is 0 Å². The van der Waals surface area contributed by atoms with Crippen LogP contribution in [-0.2, 0) is 10.5 Å². The third kappa shape index (κ3) is 4.22. The Morgan fingerprint density at radius 2 is 1.56 bits per heavy atom. The molecule has 0 fully saturated rings. The van der Waals surface area contributed by atoms with E-state index in [9.17, 15) is 9.90 Å². The number of fused-ring (bicyclic) bond motifs is 3. The van der Waals surface area contributed by atoms with E-state index in [1.165, 1.54) is 0 Å². The highest BCUT2D eigenvalue weighted by Gasteiger charge is 2.26. The minimum atomic E-state index is -0.767. The van der Waals surface area contributed by atoms with Crippen LogP contribution in [0.4, 0.5) is 0 Å². The number of aliphatic carboxylic acids is 1. The molecule has 5 aromatic rings. The summed E-state index contributed by atoms with van der Waals surface area (Å²) >= 11 is 1.65. The summed E-state index contributed by atoms with van der Waals surface area (Å²) in [4.78, 5) is 11.5. The lowest BCUT2D eigenvalue weighted by molar-refractivity contribution is -0.145. The maximum atomic E-state index is 11.5. The molecule has 0 aliphatic heterocycles. The number of rotatable bonds is 7. The van der Waals surface area contributed by atoms with Crippen molar-refractivity contribution in [2.24, 2.45) is 5.41 Å². The molecule has 0 aliphatic rings. The average Bonchev–Trinajstić information content (AvgIpc) is 3.23. The van der Waals surface area contributed by atoms with Gasteiger partial charge < -0.3 is 9.52 Å². The van der Waals surface area contributed by atoms with Crippen LogP contribution < -0.4 is 0 Å². The van der Waals surface area contributed by atoms with E-state index < -0.39 is 11.4 Å². The fourth-order valence-corrected chi connectivity index (χ4v) is 5.37. The van der Waals surface area contributed by atoms with Crippen LogP contribution in [-0.4, -0.2) is 16.8 Å². The van der Waals surface area contributed by atoms with Gasteiger partial charge in [-0.3, -0.25) is 4.79 Å². The lowest BCUT2D eigenvalue weighted by atomic mass is 9.92. The SMILES string of the molecule is CC(C)(CSCc1ccc(-c2ccccc2)c(-c2cccc3c2oc2ccccc23)c1)C(=O)O. The quantitative estimate of drug-likeness (QED) is 0.262. The van der Waals surface area contributed by atoms with Gasteiger partial charge in [0.2, 0.25) is 0 Å². The Hall–Kier alpha value is -3.50. The van der Waals surface area contributed by atoms with Gasteiger partial charge in [-0.1, -0.05) is 78.9 Å². The molecular weight excluding hydrogens is 440 g/mol. The summed E-state index contributed by atoms with van der Waals surface area (Å²) in [5.74, 6) is 0.531. The molecule has 0 atom stereocenters. The van der Waals surface area contributed by atoms with Crippen LogP contribution >= 0.6 is 11.8 Å². The zero-order chi connectivity index (χ0) is 23.7. The lowest BCUT2D eigenvalue weighted by Gasteiger charge is -2.18. The first kappa shape index (κ1) is 22.3. The average molecular weight is 467 g/mol. The summed E-state index contributed by atoms with van der Waals surface area (Å²) in [6.07, 6.45) is 0. The first-order valence-electron chi connectivity index (χ1n) is 11.3. The number of carboxylic acids is 1. The van der Waals surface area contributed by atoms with Crippen LogP contribution in [0.5, 0.6) is 0 Å². The molecule has 0 saturated carbocycles. The topological polar surface area (TPSA) is 50.4 Å². The van der Waals surface area contributed by atoms with E-state index in [4.69, 9.17) is 4.42 Å². The van der Waals surface area contributed by atoms with Gasteiger partial charge in [0.25, 0.3) is 0 Å². The Kier molecular flexibility index (Phi) is 5.93. The van der Waals surface area contributed by atoms with Crippen molar-refractivity contribution in [3.05, 3.63) is 96.6 Å². The second-order valence-electron chi connectivity index (χ2n) is 9.21. The van der Waals surface area contributed by atoms with Crippen molar-refractivity contribution in [3.8, 4) is 22.3 Å². The molecule has 4 heteroatoms. The fraction of sp³-hybridized carbons (Fsp3) is 0.167. The van der Waals surface area contributed by atoms with E-state index >= 15 is 0 Å². The van der Waals surface area contributed by atoms with E-state index in [1.54, 1.807) is 25.6 Å². The van der Waals surface area contributed by atoms with Crippen molar-refractivity contribution in [2.45, 2.75) is 19.6 Å². The second kappa shape index (κ2) is 9.03. The Morgan fingerprint density at radius 1 is 0.824 bits per heavy atom. The van der Waals surface area contributed by atoms with Crippen LogP contribution in [0.3, 0.4) is 0 Å². The maximum absolute atomic E-state index is 11.5. The number of carboxylic acid groups (broad SMARTS) is 1. The molecule has 3 nitrogen and oxygen atoms in total. The van der Waals surface area contributed by atoms with Gasteiger partial charge in [-0.25, -0.2) is 0 Å². The molecule has 1 N–H and O–H groups in total. The monoisotopic (exact) mass is 466 g/mol. The predicted octanol–water partition coefficient (Wildman–Crippen LogP) is 8.26. The Balaban J connectivity index is 1.61. The maximum Gasteiger partial charge on any atom is 0.309 e. The third-order valence-corrected chi connectivity index (χ3v) is 7.64. The molecule has 0 unspecified atom stereocenters. The summed E-state index contributed by atoms with van der Waals surface area (Å²) in [5.41, 5.74) is 6.65. The first-order valence-corrected chi connectivity index (χ1v) is 12.5. The lowest BCUT2D eigenvalue weighted by Crippen LogP contribution is -2.26. The van der Waals surface area contributed by atoms with Gasteiger partial charge >= 0.3 is 5.97 Å². The molecule has 1 aromatic heterocycles. The van der Waals surface area contributed by atoms with Gasteiger partial charge in [-0.2, -0.15) is 11.8 Å². The molecule has 0 radical (unpaired) electrons. The highest BCUT2D eigenvalue weighted by atomic mass is 32.2. The largest absolute Gasteiger partial charge is 0.481 e. The van der Waals surface area contributed by atoms with Crippen LogP contribution in [0.1, 0.15) is 19.4 Å². The molecular formula is C30H26O3S. The third-order valence-electron chi connectivity index (χ3n) is 6.17. The van der Waals surface area contributed by atoms with Crippen molar-refractivity contribution in [1.82, 2.24) is 0 Å². The molecule has 34 heavy (non-hydrogen) atoms. The highest BCUT2D eigenvalue weighted by molar-refractivity contribution is 7.98. The van der Waals surface area contributed by atoms with E-state index in [1.807, 2.05) is 24.3 Å². The summed E-state index contributed by atoms with van der Waals surface area (Å²) < 4.78 is 6.35. The standard InChI is InChI=1S/C30H26O3S/c1-30(2,29(31)32)19-34-18-20-15-16-22(21-9-4-3-5-10-21)26(17-20)25-13-8-12-24-23-11-6-7-14-27(23)33-28(24)25/h3-17H,18-19H2,1-2H3,(H,31,32). The molecule has 0 amide bonds. The Morgan fingerprint density at radius 3 is 2.35 bits per heavy atom. The van der Waals surface area contributed by atoms with Crippen LogP contribution in [0.2, 0.25) is 0 Å². The van der Waals surface area contributed by atoms with Gasteiger partial charge in [0.15, 0.2) is 0 Å². The first-order chi connectivity index (χ1) is 16.4. The van der Waals surface area contributed by atoms with E-state index in [2.05, 4.69) is 66.7 Å².